The number of hydrogen-bond acceptors (Lipinski definition) is 7. The van der Waals surface area contributed by atoms with Gasteiger partial charge in [-0.2, -0.15) is 5.10 Å². The fraction of sp³-hybridized carbons (Fsp3) is 0.120. The van der Waals surface area contributed by atoms with E-state index in [0.717, 1.165) is 39.5 Å². The third-order valence-corrected chi connectivity index (χ3v) is 5.69. The first-order valence-corrected chi connectivity index (χ1v) is 11.2. The van der Waals surface area contributed by atoms with Crippen molar-refractivity contribution in [2.24, 2.45) is 0 Å². The fourth-order valence-electron chi connectivity index (χ4n) is 4.04. The molecular weight excluding hydrogens is 444 g/mol. The number of furan rings is 1. The van der Waals surface area contributed by atoms with Crippen LogP contribution in [0.1, 0.15) is 19.8 Å². The van der Waals surface area contributed by atoms with Gasteiger partial charge in [-0.1, -0.05) is 6.92 Å². The first kappa shape index (κ1) is 20.7. The molecule has 0 saturated heterocycles. The molecule has 0 fully saturated rings. The summed E-state index contributed by atoms with van der Waals surface area (Å²) in [6.45, 7) is 1.96. The van der Waals surface area contributed by atoms with Gasteiger partial charge in [0.15, 0.2) is 11.5 Å². The van der Waals surface area contributed by atoms with Crippen LogP contribution in [0.4, 0.5) is 5.69 Å². The molecule has 10 heteroatoms. The van der Waals surface area contributed by atoms with Crippen molar-refractivity contribution in [3.05, 3.63) is 61.6 Å². The summed E-state index contributed by atoms with van der Waals surface area (Å²) in [4.78, 5) is 33.3. The Morgan fingerprint density at radius 3 is 2.91 bits per heavy atom. The molecule has 6 aromatic heterocycles. The number of H-pyrrole nitrogens is 2. The Morgan fingerprint density at radius 1 is 1.11 bits per heavy atom. The second-order valence-corrected chi connectivity index (χ2v) is 8.10. The molecule has 0 spiro atoms. The zero-order valence-corrected chi connectivity index (χ0v) is 18.7. The Morgan fingerprint density at radius 2 is 2.06 bits per heavy atom. The number of aromatic nitrogens is 7. The first-order valence-electron chi connectivity index (χ1n) is 11.2. The van der Waals surface area contributed by atoms with Crippen molar-refractivity contribution < 1.29 is 9.21 Å². The van der Waals surface area contributed by atoms with E-state index >= 15 is 0 Å². The van der Waals surface area contributed by atoms with Gasteiger partial charge in [0.05, 0.1) is 47.3 Å². The molecule has 0 aromatic carbocycles. The van der Waals surface area contributed by atoms with E-state index in [4.69, 9.17) is 4.42 Å². The molecule has 0 saturated carbocycles. The van der Waals surface area contributed by atoms with Crippen LogP contribution in [0.25, 0.3) is 56.0 Å². The third-order valence-electron chi connectivity index (χ3n) is 5.69. The summed E-state index contributed by atoms with van der Waals surface area (Å²) in [6.07, 6.45) is 11.3. The topological polar surface area (TPSA) is 138 Å². The smallest absolute Gasteiger partial charge is 0.224 e. The van der Waals surface area contributed by atoms with Gasteiger partial charge < -0.3 is 14.7 Å². The van der Waals surface area contributed by atoms with Crippen molar-refractivity contribution in [1.29, 1.82) is 0 Å². The Bertz CT molecular complexity index is 1670. The highest BCUT2D eigenvalue weighted by atomic mass is 16.3. The van der Waals surface area contributed by atoms with Crippen LogP contribution in [0.3, 0.4) is 0 Å². The highest BCUT2D eigenvalue weighted by Gasteiger charge is 2.17. The molecule has 0 aliphatic heterocycles. The predicted octanol–water partition coefficient (Wildman–Crippen LogP) is 4.96. The van der Waals surface area contributed by atoms with Crippen molar-refractivity contribution in [1.82, 2.24) is 35.1 Å². The first-order chi connectivity index (χ1) is 17.2. The summed E-state index contributed by atoms with van der Waals surface area (Å²) in [5.74, 6) is 0.547. The number of rotatable bonds is 6. The van der Waals surface area contributed by atoms with E-state index in [2.05, 4.69) is 40.4 Å². The number of imidazole rings is 1. The van der Waals surface area contributed by atoms with Gasteiger partial charge in [-0.3, -0.25) is 19.9 Å². The maximum absolute atomic E-state index is 12.0. The van der Waals surface area contributed by atoms with Gasteiger partial charge in [-0.05, 0) is 30.7 Å². The van der Waals surface area contributed by atoms with Gasteiger partial charge in [0.25, 0.3) is 0 Å². The zero-order valence-electron chi connectivity index (χ0n) is 18.7. The van der Waals surface area contributed by atoms with E-state index in [9.17, 15) is 4.79 Å². The Labute approximate surface area is 198 Å². The van der Waals surface area contributed by atoms with Crippen LogP contribution < -0.4 is 5.32 Å². The van der Waals surface area contributed by atoms with Crippen LogP contribution in [0.5, 0.6) is 0 Å². The van der Waals surface area contributed by atoms with Crippen molar-refractivity contribution in [2.75, 3.05) is 5.32 Å². The van der Waals surface area contributed by atoms with Gasteiger partial charge in [0.1, 0.15) is 5.69 Å². The average Bonchev–Trinajstić information content (AvgIpc) is 3.63. The second kappa shape index (κ2) is 8.49. The highest BCUT2D eigenvalue weighted by Crippen LogP contribution is 2.32. The number of carbonyl (C=O) groups excluding carboxylic acids is 1. The van der Waals surface area contributed by atoms with Crippen molar-refractivity contribution in [2.45, 2.75) is 19.8 Å². The molecule has 10 nitrogen and oxygen atoms in total. The normalized spacial score (nSPS) is 11.3. The second-order valence-electron chi connectivity index (χ2n) is 8.10. The minimum Gasteiger partial charge on any atom is -0.472 e. The summed E-state index contributed by atoms with van der Waals surface area (Å²) in [7, 11) is 0. The number of amides is 1. The van der Waals surface area contributed by atoms with E-state index in [1.54, 1.807) is 37.3 Å². The minimum atomic E-state index is -0.0414. The Hall–Kier alpha value is -4.86. The fourth-order valence-corrected chi connectivity index (χ4v) is 4.04. The molecule has 1 amide bonds. The van der Waals surface area contributed by atoms with Crippen LogP contribution in [-0.2, 0) is 4.79 Å². The molecular formula is C25H20N8O2. The number of fused-ring (bicyclic) bond motifs is 2. The highest BCUT2D eigenvalue weighted by molar-refractivity contribution is 5.97. The molecule has 6 rings (SSSR count). The summed E-state index contributed by atoms with van der Waals surface area (Å²) in [5, 5.41) is 11.2. The Balaban J connectivity index is 1.40. The molecule has 0 radical (unpaired) electrons. The summed E-state index contributed by atoms with van der Waals surface area (Å²) >= 11 is 0. The monoisotopic (exact) mass is 464 g/mol. The molecule has 0 aliphatic carbocycles. The number of nitrogens with zero attached hydrogens (tertiary/aromatic N) is 5. The van der Waals surface area contributed by atoms with Crippen LogP contribution in [0.2, 0.25) is 0 Å². The van der Waals surface area contributed by atoms with E-state index in [0.29, 0.717) is 35.0 Å². The number of carbonyl (C=O) groups is 1. The van der Waals surface area contributed by atoms with E-state index in [1.165, 1.54) is 0 Å². The van der Waals surface area contributed by atoms with Crippen LogP contribution in [-0.4, -0.2) is 41.0 Å². The lowest BCUT2D eigenvalue weighted by molar-refractivity contribution is -0.116. The molecule has 0 unspecified atom stereocenters. The Kier molecular flexibility index (Phi) is 5.03. The number of anilines is 1. The largest absolute Gasteiger partial charge is 0.472 e. The minimum absolute atomic E-state index is 0.0414. The maximum Gasteiger partial charge on any atom is 0.224 e. The van der Waals surface area contributed by atoms with Gasteiger partial charge in [-0.15, -0.1) is 0 Å². The van der Waals surface area contributed by atoms with Gasteiger partial charge >= 0.3 is 0 Å². The zero-order chi connectivity index (χ0) is 23.8. The lowest BCUT2D eigenvalue weighted by atomic mass is 10.1. The molecule has 6 aromatic rings. The van der Waals surface area contributed by atoms with Crippen LogP contribution in [0, 0.1) is 0 Å². The molecule has 0 bridgehead atoms. The lowest BCUT2D eigenvalue weighted by Crippen LogP contribution is -2.10. The maximum atomic E-state index is 12.0. The van der Waals surface area contributed by atoms with E-state index in [1.807, 2.05) is 31.2 Å². The molecule has 0 atom stereocenters. The molecule has 3 N–H and O–H groups in total. The van der Waals surface area contributed by atoms with Crippen molar-refractivity contribution >= 4 is 33.7 Å². The summed E-state index contributed by atoms with van der Waals surface area (Å²) < 4.78 is 5.24. The molecule has 35 heavy (non-hydrogen) atoms. The number of nitrogens with one attached hydrogen (secondary N) is 3. The quantitative estimate of drug-likeness (QED) is 0.317. The number of aromatic amines is 2. The number of hydrogen-bond donors (Lipinski definition) is 3. The molecule has 172 valence electrons. The SMILES string of the molecule is CCCC(=O)Nc1cncc(-c2cc3c(-c4nc5nccc(-c6ccoc6)c5[nH]4)n[nH]c3cn2)c1. The standard InChI is InChI=1S/C25H20N8O2/c1-2-3-21(34)29-16-8-15(10-26-11-16)19-9-18-20(12-28-19)32-33-23(18)25-30-22-17(14-5-7-35-13-14)4-6-27-24(22)31-25/h4-13H,2-3H2,1H3,(H,29,34)(H,32,33)(H,27,30,31). The summed E-state index contributed by atoms with van der Waals surface area (Å²) in [5.41, 5.74) is 6.80. The van der Waals surface area contributed by atoms with Crippen LogP contribution >= 0.6 is 0 Å². The van der Waals surface area contributed by atoms with Crippen LogP contribution in [0.15, 0.2) is 66.0 Å². The van der Waals surface area contributed by atoms with Gasteiger partial charge in [-0.25, -0.2) is 9.97 Å². The third kappa shape index (κ3) is 3.80. The summed E-state index contributed by atoms with van der Waals surface area (Å²) in [6, 6.07) is 7.60. The van der Waals surface area contributed by atoms with Gasteiger partial charge in [0, 0.05) is 40.9 Å². The van der Waals surface area contributed by atoms with E-state index < -0.39 is 0 Å². The van der Waals surface area contributed by atoms with E-state index in [-0.39, 0.29) is 5.91 Å². The van der Waals surface area contributed by atoms with Crippen molar-refractivity contribution in [3.8, 4) is 33.9 Å². The molecule has 0 aliphatic rings. The predicted molar refractivity (Wildman–Crippen MR) is 131 cm³/mol. The van der Waals surface area contributed by atoms with Gasteiger partial charge in [0.2, 0.25) is 5.91 Å². The number of pyridine rings is 3. The molecule has 6 heterocycles. The average molecular weight is 464 g/mol. The lowest BCUT2D eigenvalue weighted by Gasteiger charge is -2.06. The van der Waals surface area contributed by atoms with Crippen molar-refractivity contribution in [3.63, 3.8) is 0 Å².